The van der Waals surface area contributed by atoms with Gasteiger partial charge in [-0.2, -0.15) is 0 Å². The summed E-state index contributed by atoms with van der Waals surface area (Å²) >= 11 is 0. The number of ether oxygens (including phenoxy) is 1. The zero-order chi connectivity index (χ0) is 9.30. The minimum absolute atomic E-state index is 0.0952. The predicted octanol–water partition coefficient (Wildman–Crippen LogP) is -2.31. The molecule has 6 N–H and O–H groups in total. The zero-order valence-corrected chi connectivity index (χ0v) is 6.43. The zero-order valence-electron chi connectivity index (χ0n) is 6.43. The van der Waals surface area contributed by atoms with Gasteiger partial charge in [-0.15, -0.1) is 0 Å². The van der Waals surface area contributed by atoms with Gasteiger partial charge < -0.3 is 26.4 Å². The van der Waals surface area contributed by atoms with Gasteiger partial charge in [0.25, 0.3) is 0 Å². The van der Waals surface area contributed by atoms with Crippen LogP contribution in [0, 0.1) is 0 Å². The van der Waals surface area contributed by atoms with Crippen molar-refractivity contribution in [2.24, 2.45) is 11.5 Å². The highest BCUT2D eigenvalue weighted by Crippen LogP contribution is 2.20. The normalized spacial score (nSPS) is 49.2. The van der Waals surface area contributed by atoms with Gasteiger partial charge in [0.1, 0.15) is 12.2 Å². The van der Waals surface area contributed by atoms with Crippen molar-refractivity contribution < 1.29 is 19.3 Å². The lowest BCUT2D eigenvalue weighted by molar-refractivity contribution is -0.224. The van der Waals surface area contributed by atoms with Crippen LogP contribution in [-0.2, 0) is 4.74 Å². The molecule has 12 heavy (non-hydrogen) atoms. The Labute approximate surface area is 69.1 Å². The molecular formula is C6H13FN2O3. The van der Waals surface area contributed by atoms with Crippen LogP contribution in [0.1, 0.15) is 0 Å². The molecule has 1 aliphatic heterocycles. The molecule has 1 saturated heterocycles. The lowest BCUT2D eigenvalue weighted by Crippen LogP contribution is -2.61. The van der Waals surface area contributed by atoms with E-state index >= 15 is 0 Å². The van der Waals surface area contributed by atoms with E-state index in [1.165, 1.54) is 0 Å². The van der Waals surface area contributed by atoms with Crippen LogP contribution in [0.2, 0.25) is 0 Å². The van der Waals surface area contributed by atoms with Gasteiger partial charge in [0, 0.05) is 6.54 Å². The fraction of sp³-hybridized carbons (Fsp3) is 1.00. The third-order valence-electron chi connectivity index (χ3n) is 1.95. The van der Waals surface area contributed by atoms with E-state index < -0.39 is 30.7 Å². The van der Waals surface area contributed by atoms with Crippen LogP contribution in [0.15, 0.2) is 0 Å². The molecule has 0 aromatic heterocycles. The van der Waals surface area contributed by atoms with Crippen LogP contribution in [-0.4, -0.2) is 47.5 Å². The molecule has 0 aromatic rings. The molecule has 1 fully saturated rings. The number of hydrogen-bond donors (Lipinski definition) is 4. The van der Waals surface area contributed by atoms with Crippen molar-refractivity contribution in [2.45, 2.75) is 30.7 Å². The molecule has 0 unspecified atom stereocenters. The van der Waals surface area contributed by atoms with Gasteiger partial charge in [0.2, 0.25) is 0 Å². The number of alkyl halides is 1. The molecule has 6 heteroatoms. The van der Waals surface area contributed by atoms with E-state index in [0.29, 0.717) is 0 Å². The maximum Gasteiger partial charge on any atom is 0.172 e. The summed E-state index contributed by atoms with van der Waals surface area (Å²) in [6.45, 7) is -0.0952. The molecule has 5 atom stereocenters. The molecular weight excluding hydrogens is 167 g/mol. The van der Waals surface area contributed by atoms with Crippen LogP contribution < -0.4 is 11.5 Å². The molecule has 5 nitrogen and oxygen atoms in total. The van der Waals surface area contributed by atoms with Crippen molar-refractivity contribution in [3.63, 3.8) is 0 Å². The van der Waals surface area contributed by atoms with Gasteiger partial charge in [0.15, 0.2) is 12.5 Å². The summed E-state index contributed by atoms with van der Waals surface area (Å²) < 4.78 is 17.7. The molecule has 0 aliphatic carbocycles. The number of halogens is 1. The van der Waals surface area contributed by atoms with Gasteiger partial charge in [0.05, 0.1) is 6.04 Å². The Hall–Kier alpha value is -0.270. The average Bonchev–Trinajstić information content (AvgIpc) is 2.08. The van der Waals surface area contributed by atoms with E-state index in [2.05, 4.69) is 0 Å². The highest BCUT2D eigenvalue weighted by molar-refractivity contribution is 4.91. The third kappa shape index (κ3) is 1.57. The molecule has 0 saturated carbocycles. The van der Waals surface area contributed by atoms with E-state index in [-0.39, 0.29) is 6.54 Å². The lowest BCUT2D eigenvalue weighted by Gasteiger charge is -2.37. The fourth-order valence-electron chi connectivity index (χ4n) is 1.13. The summed E-state index contributed by atoms with van der Waals surface area (Å²) in [4.78, 5) is 0. The largest absolute Gasteiger partial charge is 0.388 e. The van der Waals surface area contributed by atoms with E-state index in [0.717, 1.165) is 0 Å². The first-order chi connectivity index (χ1) is 5.57. The summed E-state index contributed by atoms with van der Waals surface area (Å²) in [6, 6.07) is -1.11. The van der Waals surface area contributed by atoms with Crippen molar-refractivity contribution in [1.29, 1.82) is 0 Å². The monoisotopic (exact) mass is 180 g/mol. The molecule has 72 valence electrons. The first-order valence-corrected chi connectivity index (χ1v) is 3.69. The molecule has 1 aliphatic rings. The van der Waals surface area contributed by atoms with Crippen LogP contribution in [0.25, 0.3) is 0 Å². The topological polar surface area (TPSA) is 102 Å². The van der Waals surface area contributed by atoms with Gasteiger partial charge in [-0.1, -0.05) is 0 Å². The second-order valence-electron chi connectivity index (χ2n) is 2.81. The first kappa shape index (κ1) is 9.82. The predicted molar refractivity (Wildman–Crippen MR) is 38.8 cm³/mol. The molecule has 0 spiro atoms. The molecule has 0 aromatic carbocycles. The van der Waals surface area contributed by atoms with Gasteiger partial charge >= 0.3 is 0 Å². The van der Waals surface area contributed by atoms with E-state index in [4.69, 9.17) is 26.4 Å². The quantitative estimate of drug-likeness (QED) is 0.363. The van der Waals surface area contributed by atoms with Crippen molar-refractivity contribution in [3.05, 3.63) is 0 Å². The number of aliphatic hydroxyl groups is 2. The first-order valence-electron chi connectivity index (χ1n) is 3.69. The molecule has 1 heterocycles. The Balaban J connectivity index is 2.63. The Morgan fingerprint density at radius 1 is 1.42 bits per heavy atom. The maximum atomic E-state index is 13.0. The summed E-state index contributed by atoms with van der Waals surface area (Å²) in [7, 11) is 0. The van der Waals surface area contributed by atoms with Crippen LogP contribution in [0.3, 0.4) is 0 Å². The Morgan fingerprint density at radius 2 is 2.00 bits per heavy atom. The minimum atomic E-state index is -1.63. The van der Waals surface area contributed by atoms with E-state index in [1.807, 2.05) is 0 Å². The maximum absolute atomic E-state index is 13.0. The van der Waals surface area contributed by atoms with E-state index in [1.54, 1.807) is 0 Å². The van der Waals surface area contributed by atoms with Gasteiger partial charge in [-0.25, -0.2) is 4.39 Å². The number of aliphatic hydroxyl groups excluding tert-OH is 2. The second-order valence-corrected chi connectivity index (χ2v) is 2.81. The third-order valence-corrected chi connectivity index (χ3v) is 1.95. The molecule has 0 radical (unpaired) electrons. The lowest BCUT2D eigenvalue weighted by atomic mass is 9.99. The standard InChI is InChI=1S/C6H13FN2O3/c7-3-2(1-8)12-6(11)4(9)5(3)10/h2-6,10-11H,1,8-9H2/t2-,3+,4-,5+,6+/m1/s1. The number of rotatable bonds is 1. The Bertz CT molecular complexity index is 155. The second kappa shape index (κ2) is 3.63. The van der Waals surface area contributed by atoms with Gasteiger partial charge in [-0.3, -0.25) is 0 Å². The molecule has 0 bridgehead atoms. The number of hydrogen-bond acceptors (Lipinski definition) is 5. The Morgan fingerprint density at radius 3 is 2.50 bits per heavy atom. The molecule has 0 amide bonds. The summed E-state index contributed by atoms with van der Waals surface area (Å²) in [5.74, 6) is 0. The minimum Gasteiger partial charge on any atom is -0.388 e. The van der Waals surface area contributed by atoms with E-state index in [9.17, 15) is 4.39 Å². The van der Waals surface area contributed by atoms with Crippen LogP contribution in [0.5, 0.6) is 0 Å². The van der Waals surface area contributed by atoms with Crippen molar-refractivity contribution in [2.75, 3.05) is 6.54 Å². The molecule has 1 rings (SSSR count). The summed E-state index contributed by atoms with van der Waals surface area (Å²) in [5, 5.41) is 18.2. The highest BCUT2D eigenvalue weighted by atomic mass is 19.1. The van der Waals surface area contributed by atoms with Crippen LogP contribution >= 0.6 is 0 Å². The highest BCUT2D eigenvalue weighted by Gasteiger charge is 2.42. The van der Waals surface area contributed by atoms with Crippen molar-refractivity contribution in [1.82, 2.24) is 0 Å². The van der Waals surface area contributed by atoms with Crippen molar-refractivity contribution >= 4 is 0 Å². The summed E-state index contributed by atoms with van der Waals surface area (Å²) in [6.07, 6.45) is -5.37. The SMILES string of the molecule is NC[C@H]1O[C@H](O)[C@H](N)[C@@H](O)[C@H]1F. The van der Waals surface area contributed by atoms with Crippen molar-refractivity contribution in [3.8, 4) is 0 Å². The van der Waals surface area contributed by atoms with Gasteiger partial charge in [-0.05, 0) is 0 Å². The Kier molecular flexibility index (Phi) is 2.97. The fourth-order valence-corrected chi connectivity index (χ4v) is 1.13. The average molecular weight is 180 g/mol. The smallest absolute Gasteiger partial charge is 0.172 e. The number of nitrogens with two attached hydrogens (primary N) is 2. The summed E-state index contributed by atoms with van der Waals surface area (Å²) in [5.41, 5.74) is 10.4. The van der Waals surface area contributed by atoms with Crippen LogP contribution in [0.4, 0.5) is 4.39 Å².